The molecule has 8 amide bonds. The molecule has 1 aromatic carbocycles. The highest BCUT2D eigenvalue weighted by Gasteiger charge is 2.45. The second-order valence-electron chi connectivity index (χ2n) is 17.1. The Bertz CT molecular complexity index is 2770. The summed E-state index contributed by atoms with van der Waals surface area (Å²) >= 11 is 3.05. The average Bonchev–Trinajstić information content (AvgIpc) is 3.91. The topological polar surface area (TPSA) is 312 Å². The molecule has 0 radical (unpaired) electrons. The maximum absolute atomic E-state index is 14.9. The number of pyridine rings is 2. The van der Waals surface area contributed by atoms with Crippen molar-refractivity contribution in [2.45, 2.75) is 70.6 Å². The fraction of sp³-hybridized carbons (Fsp3) is 0.479. The molecule has 3 aromatic rings. The minimum atomic E-state index is -1.98. The van der Waals surface area contributed by atoms with Crippen molar-refractivity contribution in [3.8, 4) is 11.4 Å². The molecule has 0 fully saturated rings. The number of halogens is 1. The summed E-state index contributed by atoms with van der Waals surface area (Å²) in [5.41, 5.74) is 1.43. The fourth-order valence-corrected chi connectivity index (χ4v) is 9.93. The molecule has 0 saturated heterocycles. The number of amides is 8. The summed E-state index contributed by atoms with van der Waals surface area (Å²) in [6.07, 6.45) is 2.21. The van der Waals surface area contributed by atoms with Crippen LogP contribution in [-0.2, 0) is 81.9 Å². The molecule has 26 heteroatoms. The molecule has 5 heterocycles. The molecule has 7 N–H and O–H groups in total. The number of hydrogen-bond donors (Lipinski definition) is 7. The number of nitrogens with one attached hydrogen (secondary N) is 6. The zero-order valence-corrected chi connectivity index (χ0v) is 42.6. The van der Waals surface area contributed by atoms with E-state index in [0.29, 0.717) is 39.7 Å². The van der Waals surface area contributed by atoms with Gasteiger partial charge in [0.1, 0.15) is 18.5 Å². The number of aromatic nitrogens is 2. The van der Waals surface area contributed by atoms with Crippen LogP contribution in [0.5, 0.6) is 0 Å². The first-order valence-corrected chi connectivity index (χ1v) is 26.0. The summed E-state index contributed by atoms with van der Waals surface area (Å²) in [5, 5.41) is 26.9. The number of ether oxygens (including phenoxy) is 3. The summed E-state index contributed by atoms with van der Waals surface area (Å²) in [7, 11) is 0. The van der Waals surface area contributed by atoms with Gasteiger partial charge in [0.15, 0.2) is 5.60 Å². The van der Waals surface area contributed by atoms with Crippen LogP contribution < -0.4 is 37.5 Å². The molecule has 0 aliphatic carbocycles. The van der Waals surface area contributed by atoms with Gasteiger partial charge in [-0.15, -0.1) is 11.8 Å². The molecule has 6 rings (SSSR count). The number of aliphatic hydroxyl groups is 1. The molecule has 398 valence electrons. The first-order valence-electron chi connectivity index (χ1n) is 23.7. The smallest absolute Gasteiger partial charge is 0.343 e. The van der Waals surface area contributed by atoms with E-state index >= 15 is 0 Å². The first kappa shape index (κ1) is 56.6. The molecule has 2 atom stereocenters. The van der Waals surface area contributed by atoms with Crippen LogP contribution in [0.1, 0.15) is 60.9 Å². The Hall–Kier alpha value is -6.74. The Kier molecular flexibility index (Phi) is 20.2. The molecule has 0 spiro atoms. The van der Waals surface area contributed by atoms with Gasteiger partial charge in [0.05, 0.1) is 81.0 Å². The van der Waals surface area contributed by atoms with Gasteiger partial charge in [-0.3, -0.25) is 48.1 Å². The van der Waals surface area contributed by atoms with Crippen molar-refractivity contribution in [2.75, 3.05) is 76.5 Å². The Balaban J connectivity index is 0.801. The Labute approximate surface area is 432 Å². The van der Waals surface area contributed by atoms with Crippen LogP contribution in [0.15, 0.2) is 35.1 Å². The summed E-state index contributed by atoms with van der Waals surface area (Å²) in [4.78, 5) is 129. The second kappa shape index (κ2) is 26.5. The van der Waals surface area contributed by atoms with Crippen LogP contribution in [0.25, 0.3) is 22.3 Å². The summed E-state index contributed by atoms with van der Waals surface area (Å²) in [5.74, 6) is -3.37. The molecule has 74 heavy (non-hydrogen) atoms. The maximum atomic E-state index is 14.9. The number of carbonyl (C=O) groups excluding carboxylic acids is 9. The van der Waals surface area contributed by atoms with E-state index in [1.54, 1.807) is 42.3 Å². The van der Waals surface area contributed by atoms with E-state index in [1.165, 1.54) is 24.8 Å². The molecular formula is C48H58FN9O14S2. The van der Waals surface area contributed by atoms with Crippen LogP contribution in [-0.4, -0.2) is 155 Å². The number of aryl methyl sites for hydroxylation is 1. The molecule has 0 saturated carbocycles. The fourth-order valence-electron chi connectivity index (χ4n) is 7.90. The van der Waals surface area contributed by atoms with Gasteiger partial charge < -0.3 is 55.8 Å². The van der Waals surface area contributed by atoms with Crippen molar-refractivity contribution in [3.05, 3.63) is 74.3 Å². The predicted molar refractivity (Wildman–Crippen MR) is 267 cm³/mol. The number of carbonyl (C=O) groups is 9. The van der Waals surface area contributed by atoms with Crippen molar-refractivity contribution in [1.82, 2.24) is 46.4 Å². The lowest BCUT2D eigenvalue weighted by atomic mass is 9.86. The molecule has 23 nitrogen and oxygen atoms in total. The van der Waals surface area contributed by atoms with Crippen molar-refractivity contribution >= 4 is 87.7 Å². The number of esters is 1. The van der Waals surface area contributed by atoms with Gasteiger partial charge in [0.25, 0.3) is 17.4 Å². The van der Waals surface area contributed by atoms with E-state index in [0.717, 1.165) is 33.6 Å². The highest BCUT2D eigenvalue weighted by Crippen LogP contribution is 2.41. The number of imide groups is 1. The third-order valence-corrected chi connectivity index (χ3v) is 14.1. The Morgan fingerprint density at radius 2 is 1.49 bits per heavy atom. The van der Waals surface area contributed by atoms with E-state index in [2.05, 4.69) is 31.9 Å². The number of hydrogen-bond acceptors (Lipinski definition) is 17. The van der Waals surface area contributed by atoms with E-state index in [4.69, 9.17) is 19.2 Å². The minimum Gasteiger partial charge on any atom is -0.458 e. The van der Waals surface area contributed by atoms with Gasteiger partial charge in [0.2, 0.25) is 35.4 Å². The third kappa shape index (κ3) is 14.5. The lowest BCUT2D eigenvalue weighted by Crippen LogP contribution is -2.50. The van der Waals surface area contributed by atoms with Crippen LogP contribution in [0, 0.1) is 12.7 Å². The number of benzene rings is 1. The molecular weight excluding hydrogens is 1010 g/mol. The summed E-state index contributed by atoms with van der Waals surface area (Å²) in [6.45, 7) is 4.18. The molecule has 1 unspecified atom stereocenters. The maximum Gasteiger partial charge on any atom is 0.343 e. The van der Waals surface area contributed by atoms with E-state index < -0.39 is 83.4 Å². The minimum absolute atomic E-state index is 0.00124. The number of thioether (sulfide) groups is 2. The van der Waals surface area contributed by atoms with Gasteiger partial charge in [-0.2, -0.15) is 11.8 Å². The van der Waals surface area contributed by atoms with Crippen molar-refractivity contribution < 1.29 is 66.9 Å². The summed E-state index contributed by atoms with van der Waals surface area (Å²) in [6, 6.07) is 3.69. The standard InChI is InChI=1S/C48H58FN9O14S2/c1-4-48(69)33-18-36-44-30(23-58(36)46(67)31(33)24-72-47(48)68)32(29-17-27(2)34(49)19-35(29)56-44)25-73-15-16-74-26-54-40(62)21-53-45(66)28(3)55-41(63)22-52-39(61)20-51-38(60)8-11-70-13-14-71-12-9-50-37(59)7-10-57-42(64)5-6-43(57)65/h5-6,17-19,28,69H,4,7-16,20-26H2,1-3H3,(H,50,59)(H,51,60)(H,52,61)(H,53,66)(H,54,62)(H,55,63)/t28-,48?/m0/s1. The van der Waals surface area contributed by atoms with E-state index in [9.17, 15) is 57.4 Å². The van der Waals surface area contributed by atoms with Gasteiger partial charge in [-0.05, 0) is 43.5 Å². The van der Waals surface area contributed by atoms with Gasteiger partial charge in [-0.25, -0.2) is 14.2 Å². The van der Waals surface area contributed by atoms with Crippen molar-refractivity contribution in [2.24, 2.45) is 0 Å². The zero-order valence-electron chi connectivity index (χ0n) is 41.0. The van der Waals surface area contributed by atoms with Crippen LogP contribution in [0.3, 0.4) is 0 Å². The second-order valence-corrected chi connectivity index (χ2v) is 19.4. The zero-order chi connectivity index (χ0) is 53.5. The van der Waals surface area contributed by atoms with Gasteiger partial charge >= 0.3 is 5.97 Å². The number of rotatable bonds is 28. The molecule has 2 aromatic heterocycles. The predicted octanol–water partition coefficient (Wildman–Crippen LogP) is -0.725. The van der Waals surface area contributed by atoms with Crippen LogP contribution in [0.4, 0.5) is 4.39 Å². The normalized spacial score (nSPS) is 15.7. The number of cyclic esters (lactones) is 1. The average molecular weight is 1070 g/mol. The van der Waals surface area contributed by atoms with E-state index in [-0.39, 0.29) is 101 Å². The van der Waals surface area contributed by atoms with Gasteiger partial charge in [0, 0.05) is 77.9 Å². The first-order chi connectivity index (χ1) is 35.4. The Morgan fingerprint density at radius 1 is 0.824 bits per heavy atom. The molecule has 3 aliphatic rings. The monoisotopic (exact) mass is 1070 g/mol. The lowest BCUT2D eigenvalue weighted by Gasteiger charge is -2.31. The van der Waals surface area contributed by atoms with Crippen LogP contribution >= 0.6 is 23.5 Å². The highest BCUT2D eigenvalue weighted by atomic mass is 32.2. The Morgan fingerprint density at radius 3 is 2.23 bits per heavy atom. The number of nitrogens with zero attached hydrogens (tertiary/aromatic N) is 3. The van der Waals surface area contributed by atoms with Crippen molar-refractivity contribution in [3.63, 3.8) is 0 Å². The molecule has 3 aliphatic heterocycles. The molecule has 0 bridgehead atoms. The van der Waals surface area contributed by atoms with Gasteiger partial charge in [-0.1, -0.05) is 6.92 Å². The van der Waals surface area contributed by atoms with E-state index in [1.807, 2.05) is 0 Å². The SMILES string of the molecule is CCC1(O)C(=O)OCc2c1cc1n(c2=O)Cc2c-1nc1cc(F)c(C)cc1c2CSCCSCNC(=O)CNC(=O)[C@H](C)NC(=O)CNC(=O)CNC(=O)CCOCCOCCNC(=O)CCN1C(=O)C=CC1=O. The number of fused-ring (bicyclic) bond motifs is 5. The quantitative estimate of drug-likeness (QED) is 0.0160. The lowest BCUT2D eigenvalue weighted by molar-refractivity contribution is -0.172. The third-order valence-electron chi connectivity index (χ3n) is 12.0. The summed E-state index contributed by atoms with van der Waals surface area (Å²) < 4.78 is 32.3. The largest absolute Gasteiger partial charge is 0.458 e. The van der Waals surface area contributed by atoms with Crippen LogP contribution in [0.2, 0.25) is 0 Å². The highest BCUT2D eigenvalue weighted by molar-refractivity contribution is 8.02. The van der Waals surface area contributed by atoms with Crippen molar-refractivity contribution in [1.29, 1.82) is 0 Å².